The highest BCUT2D eigenvalue weighted by atomic mass is 32.2. The molecule has 5 rings (SSSR count). The normalized spacial score (nSPS) is 11.9. The number of nitrogens with one attached hydrogen (secondary N) is 1. The molecule has 0 saturated carbocycles. The molecule has 0 aliphatic carbocycles. The summed E-state index contributed by atoms with van der Waals surface area (Å²) in [6, 6.07) is 28.3. The van der Waals surface area contributed by atoms with E-state index in [-0.39, 0.29) is 5.91 Å². The summed E-state index contributed by atoms with van der Waals surface area (Å²) < 4.78 is 1.60. The van der Waals surface area contributed by atoms with Gasteiger partial charge in [0.25, 0.3) is 0 Å². The molecule has 0 radical (unpaired) electrons. The average molecular weight is 495 g/mol. The lowest BCUT2D eigenvalue weighted by molar-refractivity contribution is -0.120. The van der Waals surface area contributed by atoms with Crippen LogP contribution >= 0.6 is 11.8 Å². The Labute approximate surface area is 214 Å². The van der Waals surface area contributed by atoms with Crippen molar-refractivity contribution in [2.45, 2.75) is 29.1 Å². The maximum absolute atomic E-state index is 12.7. The molecule has 4 aromatic rings. The van der Waals surface area contributed by atoms with Crippen molar-refractivity contribution >= 4 is 34.9 Å². The monoisotopic (exact) mass is 494 g/mol. The van der Waals surface area contributed by atoms with Crippen molar-refractivity contribution in [3.05, 3.63) is 90.1 Å². The molecule has 0 unspecified atom stereocenters. The number of nitrogen functional groups attached to an aromatic ring is 1. The van der Waals surface area contributed by atoms with Crippen molar-refractivity contribution in [1.29, 1.82) is 5.26 Å². The maximum atomic E-state index is 12.7. The molecule has 8 heteroatoms. The summed E-state index contributed by atoms with van der Waals surface area (Å²) in [5.74, 6) is 0.334. The lowest BCUT2D eigenvalue weighted by Gasteiger charge is -2.32. The van der Waals surface area contributed by atoms with Crippen LogP contribution in [0.1, 0.15) is 24.1 Å². The average Bonchev–Trinajstić information content (AvgIpc) is 3.24. The molecule has 1 aliphatic rings. The number of benzene rings is 3. The third kappa shape index (κ3) is 4.79. The van der Waals surface area contributed by atoms with Crippen molar-refractivity contribution in [1.82, 2.24) is 15.1 Å². The molecule has 0 fully saturated rings. The van der Waals surface area contributed by atoms with E-state index in [2.05, 4.69) is 45.7 Å². The van der Waals surface area contributed by atoms with Gasteiger partial charge >= 0.3 is 0 Å². The van der Waals surface area contributed by atoms with Crippen LogP contribution in [0.4, 0.5) is 17.2 Å². The Balaban J connectivity index is 1.17. The SMILES string of the molecule is N#Cc1c(CCCNC(=O)CCN2c3ccccc3Sc3ccccc32)nn(-c2ccccc2)c1N. The first kappa shape index (κ1) is 23.5. The van der Waals surface area contributed by atoms with Gasteiger partial charge in [0.15, 0.2) is 0 Å². The van der Waals surface area contributed by atoms with Crippen molar-refractivity contribution in [2.75, 3.05) is 23.7 Å². The molecule has 3 aromatic carbocycles. The van der Waals surface area contributed by atoms with Crippen LogP contribution in [0.5, 0.6) is 0 Å². The number of nitriles is 1. The summed E-state index contributed by atoms with van der Waals surface area (Å²) in [7, 11) is 0. The Morgan fingerprint density at radius 3 is 2.28 bits per heavy atom. The minimum Gasteiger partial charge on any atom is -0.382 e. The second kappa shape index (κ2) is 10.6. The number of nitrogens with two attached hydrogens (primary N) is 1. The fraction of sp³-hybridized carbons (Fsp3) is 0.179. The Morgan fingerprint density at radius 2 is 1.61 bits per heavy atom. The fourth-order valence-electron chi connectivity index (χ4n) is 4.35. The van der Waals surface area contributed by atoms with Crippen molar-refractivity contribution in [2.24, 2.45) is 0 Å². The summed E-state index contributed by atoms with van der Waals surface area (Å²) in [5.41, 5.74) is 10.3. The minimum absolute atomic E-state index is 0.00183. The first-order valence-electron chi connectivity index (χ1n) is 11.9. The second-order valence-corrected chi connectivity index (χ2v) is 9.54. The van der Waals surface area contributed by atoms with Crippen LogP contribution in [0.15, 0.2) is 88.7 Å². The number of fused-ring (bicyclic) bond motifs is 2. The maximum Gasteiger partial charge on any atom is 0.221 e. The van der Waals surface area contributed by atoms with Crippen LogP contribution in [0.3, 0.4) is 0 Å². The van der Waals surface area contributed by atoms with Gasteiger partial charge in [-0.05, 0) is 49.2 Å². The van der Waals surface area contributed by atoms with Gasteiger partial charge in [0, 0.05) is 29.3 Å². The number of hydrogen-bond acceptors (Lipinski definition) is 6. The smallest absolute Gasteiger partial charge is 0.221 e. The van der Waals surface area contributed by atoms with Gasteiger partial charge in [-0.25, -0.2) is 4.68 Å². The largest absolute Gasteiger partial charge is 0.382 e. The predicted octanol–water partition coefficient (Wildman–Crippen LogP) is 5.07. The van der Waals surface area contributed by atoms with Gasteiger partial charge in [-0.15, -0.1) is 0 Å². The lowest BCUT2D eigenvalue weighted by Crippen LogP contribution is -2.30. The highest BCUT2D eigenvalue weighted by Gasteiger charge is 2.23. The molecule has 2 heterocycles. The number of aromatic nitrogens is 2. The highest BCUT2D eigenvalue weighted by Crippen LogP contribution is 2.47. The van der Waals surface area contributed by atoms with E-state index in [1.54, 1.807) is 16.4 Å². The Hall–Kier alpha value is -4.22. The molecule has 1 aromatic heterocycles. The van der Waals surface area contributed by atoms with Crippen LogP contribution in [-0.2, 0) is 11.2 Å². The number of hydrogen-bond donors (Lipinski definition) is 2. The zero-order chi connectivity index (χ0) is 24.9. The van der Waals surface area contributed by atoms with E-state index in [4.69, 9.17) is 5.73 Å². The van der Waals surface area contributed by atoms with E-state index in [1.807, 2.05) is 54.6 Å². The van der Waals surface area contributed by atoms with Crippen molar-refractivity contribution in [3.63, 3.8) is 0 Å². The Bertz CT molecular complexity index is 1380. The Kier molecular flexibility index (Phi) is 6.92. The highest BCUT2D eigenvalue weighted by molar-refractivity contribution is 7.99. The molecule has 0 atom stereocenters. The molecule has 1 amide bonds. The van der Waals surface area contributed by atoms with E-state index >= 15 is 0 Å². The fourth-order valence-corrected chi connectivity index (χ4v) is 5.44. The van der Waals surface area contributed by atoms with E-state index in [1.165, 1.54) is 9.79 Å². The van der Waals surface area contributed by atoms with Crippen LogP contribution in [0.2, 0.25) is 0 Å². The molecule has 0 spiro atoms. The van der Waals surface area contributed by atoms with E-state index in [0.29, 0.717) is 49.4 Å². The predicted molar refractivity (Wildman–Crippen MR) is 143 cm³/mol. The van der Waals surface area contributed by atoms with Crippen LogP contribution in [0.25, 0.3) is 5.69 Å². The summed E-state index contributed by atoms with van der Waals surface area (Å²) in [6.07, 6.45) is 1.60. The van der Waals surface area contributed by atoms with Crippen LogP contribution < -0.4 is 16.0 Å². The molecule has 1 aliphatic heterocycles. The zero-order valence-corrected chi connectivity index (χ0v) is 20.5. The van der Waals surface area contributed by atoms with E-state index in [9.17, 15) is 10.1 Å². The molecule has 36 heavy (non-hydrogen) atoms. The standard InChI is InChI=1S/C28H26N6OS/c29-19-21-22(32-34(28(21)30)20-9-2-1-3-10-20)11-8-17-31-27(35)16-18-33-23-12-4-6-14-25(23)36-26-15-7-5-13-24(26)33/h1-7,9-10,12-15H,8,11,16-18,30H2,(H,31,35). The summed E-state index contributed by atoms with van der Waals surface area (Å²) in [6.45, 7) is 1.10. The van der Waals surface area contributed by atoms with Crippen LogP contribution in [-0.4, -0.2) is 28.8 Å². The number of carbonyl (C=O) groups excluding carboxylic acids is 1. The summed E-state index contributed by atoms with van der Waals surface area (Å²) in [4.78, 5) is 17.3. The van der Waals surface area contributed by atoms with Gasteiger partial charge in [-0.2, -0.15) is 10.4 Å². The second-order valence-electron chi connectivity index (χ2n) is 8.46. The van der Waals surface area contributed by atoms with Crippen molar-refractivity contribution < 1.29 is 4.79 Å². The molecule has 3 N–H and O–H groups in total. The van der Waals surface area contributed by atoms with Crippen LogP contribution in [0, 0.1) is 11.3 Å². The topological polar surface area (TPSA) is 100.0 Å². The summed E-state index contributed by atoms with van der Waals surface area (Å²) in [5, 5.41) is 17.1. The zero-order valence-electron chi connectivity index (χ0n) is 19.7. The molecule has 180 valence electrons. The Morgan fingerprint density at radius 1 is 0.972 bits per heavy atom. The number of carbonyl (C=O) groups is 1. The molecular formula is C28H26N6OS. The van der Waals surface area contributed by atoms with Gasteiger partial charge in [-0.1, -0.05) is 54.2 Å². The van der Waals surface area contributed by atoms with Crippen molar-refractivity contribution in [3.8, 4) is 11.8 Å². The molecule has 0 bridgehead atoms. The first-order valence-corrected chi connectivity index (χ1v) is 12.7. The van der Waals surface area contributed by atoms with Gasteiger partial charge in [0.2, 0.25) is 5.91 Å². The van der Waals surface area contributed by atoms with E-state index in [0.717, 1.165) is 17.1 Å². The quantitative estimate of drug-likeness (QED) is 0.332. The number of anilines is 3. The van der Waals surface area contributed by atoms with E-state index < -0.39 is 0 Å². The molecule has 7 nitrogen and oxygen atoms in total. The lowest BCUT2D eigenvalue weighted by atomic mass is 10.1. The third-order valence-corrected chi connectivity index (χ3v) is 7.24. The first-order chi connectivity index (χ1) is 17.7. The molecular weight excluding hydrogens is 468 g/mol. The summed E-state index contributed by atoms with van der Waals surface area (Å²) >= 11 is 1.76. The number of para-hydroxylation sites is 3. The third-order valence-electron chi connectivity index (χ3n) is 6.11. The molecule has 0 saturated heterocycles. The number of rotatable bonds is 8. The van der Waals surface area contributed by atoms with Gasteiger partial charge in [0.1, 0.15) is 17.5 Å². The van der Waals surface area contributed by atoms with Gasteiger partial charge in [-0.3, -0.25) is 4.79 Å². The number of nitrogens with zero attached hydrogens (tertiary/aromatic N) is 4. The van der Waals surface area contributed by atoms with Gasteiger partial charge in [0.05, 0.1) is 22.8 Å². The minimum atomic E-state index is -0.00183. The number of aryl methyl sites for hydroxylation is 1. The number of amides is 1. The van der Waals surface area contributed by atoms with Gasteiger partial charge < -0.3 is 16.0 Å².